The Morgan fingerprint density at radius 3 is 3.00 bits per heavy atom. The number of carbonyl (C=O) groups is 1. The molecule has 2 aromatic rings. The SMILES string of the molecule is CCc1cn[nH]c1NC(=O)c1cc(C)ccc1Br. The fraction of sp³-hybridized carbons (Fsp3) is 0.231. The zero-order valence-corrected chi connectivity index (χ0v) is 11.8. The van der Waals surface area contributed by atoms with Crippen LogP contribution in [0.2, 0.25) is 0 Å². The highest BCUT2D eigenvalue weighted by molar-refractivity contribution is 9.10. The summed E-state index contributed by atoms with van der Waals surface area (Å²) in [6, 6.07) is 5.67. The zero-order valence-electron chi connectivity index (χ0n) is 10.2. The number of nitrogens with one attached hydrogen (secondary N) is 2. The summed E-state index contributed by atoms with van der Waals surface area (Å²) in [7, 11) is 0. The summed E-state index contributed by atoms with van der Waals surface area (Å²) in [5.41, 5.74) is 2.66. The van der Waals surface area contributed by atoms with E-state index in [1.54, 1.807) is 6.20 Å². The van der Waals surface area contributed by atoms with Gasteiger partial charge in [-0.15, -0.1) is 0 Å². The number of halogens is 1. The highest BCUT2D eigenvalue weighted by Crippen LogP contribution is 2.20. The molecule has 2 N–H and O–H groups in total. The number of benzene rings is 1. The van der Waals surface area contributed by atoms with Gasteiger partial charge in [0.2, 0.25) is 0 Å². The van der Waals surface area contributed by atoms with Crippen LogP contribution in [0.3, 0.4) is 0 Å². The molecule has 18 heavy (non-hydrogen) atoms. The second-order valence-electron chi connectivity index (χ2n) is 4.06. The summed E-state index contributed by atoms with van der Waals surface area (Å²) < 4.78 is 0.781. The van der Waals surface area contributed by atoms with Gasteiger partial charge < -0.3 is 5.32 Å². The number of H-pyrrole nitrogens is 1. The van der Waals surface area contributed by atoms with Crippen molar-refractivity contribution in [3.05, 3.63) is 45.6 Å². The molecule has 4 nitrogen and oxygen atoms in total. The third-order valence-corrected chi connectivity index (χ3v) is 3.40. The molecule has 0 atom stereocenters. The Bertz CT molecular complexity index is 577. The van der Waals surface area contributed by atoms with Crippen LogP contribution >= 0.6 is 15.9 Å². The maximum absolute atomic E-state index is 12.2. The van der Waals surface area contributed by atoms with E-state index in [0.717, 1.165) is 22.0 Å². The van der Waals surface area contributed by atoms with E-state index in [0.29, 0.717) is 11.4 Å². The minimum absolute atomic E-state index is 0.149. The van der Waals surface area contributed by atoms with E-state index in [1.165, 1.54) is 0 Å². The first kappa shape index (κ1) is 12.8. The largest absolute Gasteiger partial charge is 0.307 e. The molecule has 0 unspecified atom stereocenters. The van der Waals surface area contributed by atoms with E-state index >= 15 is 0 Å². The molecule has 0 fully saturated rings. The molecule has 0 aliphatic heterocycles. The van der Waals surface area contributed by atoms with Crippen molar-refractivity contribution in [2.24, 2.45) is 0 Å². The lowest BCUT2D eigenvalue weighted by Crippen LogP contribution is -2.14. The van der Waals surface area contributed by atoms with Crippen molar-refractivity contribution in [2.75, 3.05) is 5.32 Å². The van der Waals surface area contributed by atoms with Gasteiger partial charge in [-0.1, -0.05) is 18.6 Å². The Morgan fingerprint density at radius 1 is 1.50 bits per heavy atom. The molecule has 1 aromatic carbocycles. The van der Waals surface area contributed by atoms with Crippen molar-refractivity contribution in [3.63, 3.8) is 0 Å². The molecular formula is C13H14BrN3O. The van der Waals surface area contributed by atoms with Gasteiger partial charge in [0.25, 0.3) is 5.91 Å². The first-order valence-electron chi connectivity index (χ1n) is 5.71. The number of amides is 1. The first-order chi connectivity index (χ1) is 8.61. The Kier molecular flexibility index (Phi) is 3.81. The number of aryl methyl sites for hydroxylation is 2. The molecule has 0 aliphatic rings. The average Bonchev–Trinajstić information content (AvgIpc) is 2.79. The van der Waals surface area contributed by atoms with Crippen LogP contribution in [0, 0.1) is 6.92 Å². The topological polar surface area (TPSA) is 57.8 Å². The number of aromatic nitrogens is 2. The van der Waals surface area contributed by atoms with E-state index in [9.17, 15) is 4.79 Å². The quantitative estimate of drug-likeness (QED) is 0.914. The van der Waals surface area contributed by atoms with Gasteiger partial charge in [-0.05, 0) is 41.4 Å². The average molecular weight is 308 g/mol. The molecule has 0 aliphatic carbocycles. The van der Waals surface area contributed by atoms with Gasteiger partial charge in [0, 0.05) is 10.0 Å². The van der Waals surface area contributed by atoms with Crippen LogP contribution in [-0.4, -0.2) is 16.1 Å². The smallest absolute Gasteiger partial charge is 0.257 e. The minimum atomic E-state index is -0.149. The summed E-state index contributed by atoms with van der Waals surface area (Å²) >= 11 is 3.38. The standard InChI is InChI=1S/C13H14BrN3O/c1-3-9-7-15-17-12(9)16-13(18)10-6-8(2)4-5-11(10)14/h4-7H,3H2,1-2H3,(H2,15,16,17,18). The van der Waals surface area contributed by atoms with E-state index in [-0.39, 0.29) is 5.91 Å². The molecule has 0 radical (unpaired) electrons. The number of aromatic amines is 1. The van der Waals surface area contributed by atoms with Crippen LogP contribution in [0.4, 0.5) is 5.82 Å². The van der Waals surface area contributed by atoms with Gasteiger partial charge in [0.05, 0.1) is 11.8 Å². The summed E-state index contributed by atoms with van der Waals surface area (Å²) in [6.45, 7) is 3.97. The predicted molar refractivity (Wildman–Crippen MR) is 74.8 cm³/mol. The fourth-order valence-electron chi connectivity index (χ4n) is 1.68. The second-order valence-corrected chi connectivity index (χ2v) is 4.92. The maximum atomic E-state index is 12.2. The fourth-order valence-corrected chi connectivity index (χ4v) is 2.11. The molecule has 5 heteroatoms. The lowest BCUT2D eigenvalue weighted by atomic mass is 10.1. The summed E-state index contributed by atoms with van der Waals surface area (Å²) in [5.74, 6) is 0.514. The normalized spacial score (nSPS) is 10.4. The van der Waals surface area contributed by atoms with Gasteiger partial charge >= 0.3 is 0 Å². The maximum Gasteiger partial charge on any atom is 0.257 e. The van der Waals surface area contributed by atoms with Crippen molar-refractivity contribution in [3.8, 4) is 0 Å². The monoisotopic (exact) mass is 307 g/mol. The number of carbonyl (C=O) groups excluding carboxylic acids is 1. The van der Waals surface area contributed by atoms with Gasteiger partial charge in [-0.25, -0.2) is 0 Å². The number of hydrogen-bond donors (Lipinski definition) is 2. The zero-order chi connectivity index (χ0) is 13.1. The molecule has 0 bridgehead atoms. The van der Waals surface area contributed by atoms with Crippen molar-refractivity contribution in [1.82, 2.24) is 10.2 Å². The number of rotatable bonds is 3. The minimum Gasteiger partial charge on any atom is -0.307 e. The van der Waals surface area contributed by atoms with Crippen molar-refractivity contribution in [2.45, 2.75) is 20.3 Å². The van der Waals surface area contributed by atoms with Gasteiger partial charge in [0.1, 0.15) is 5.82 Å². The number of nitrogens with zero attached hydrogens (tertiary/aromatic N) is 1. The molecule has 1 amide bonds. The molecule has 0 saturated heterocycles. The lowest BCUT2D eigenvalue weighted by molar-refractivity contribution is 0.102. The number of hydrogen-bond acceptors (Lipinski definition) is 2. The van der Waals surface area contributed by atoms with Crippen molar-refractivity contribution in [1.29, 1.82) is 0 Å². The van der Waals surface area contributed by atoms with Crippen LogP contribution in [0.5, 0.6) is 0 Å². The number of anilines is 1. The van der Waals surface area contributed by atoms with Crippen LogP contribution in [0.1, 0.15) is 28.4 Å². The van der Waals surface area contributed by atoms with Crippen LogP contribution in [0.25, 0.3) is 0 Å². The van der Waals surface area contributed by atoms with E-state index in [4.69, 9.17) is 0 Å². The molecule has 94 valence electrons. The first-order valence-corrected chi connectivity index (χ1v) is 6.51. The highest BCUT2D eigenvalue weighted by atomic mass is 79.9. The highest BCUT2D eigenvalue weighted by Gasteiger charge is 2.13. The van der Waals surface area contributed by atoms with Crippen LogP contribution < -0.4 is 5.32 Å². The van der Waals surface area contributed by atoms with Crippen LogP contribution in [0.15, 0.2) is 28.9 Å². The Labute approximate surface area is 114 Å². The molecule has 1 aromatic heterocycles. The summed E-state index contributed by atoms with van der Waals surface area (Å²) in [6.07, 6.45) is 2.54. The van der Waals surface area contributed by atoms with Gasteiger partial charge in [-0.2, -0.15) is 5.10 Å². The van der Waals surface area contributed by atoms with E-state index < -0.39 is 0 Å². The molecular weight excluding hydrogens is 294 g/mol. The van der Waals surface area contributed by atoms with Crippen molar-refractivity contribution < 1.29 is 4.79 Å². The Morgan fingerprint density at radius 2 is 2.28 bits per heavy atom. The summed E-state index contributed by atoms with van der Waals surface area (Å²) in [5, 5.41) is 9.56. The van der Waals surface area contributed by atoms with E-state index in [1.807, 2.05) is 32.0 Å². The second kappa shape index (κ2) is 5.35. The Hall–Kier alpha value is -1.62. The molecule has 1 heterocycles. The molecule has 2 rings (SSSR count). The predicted octanol–water partition coefficient (Wildman–Crippen LogP) is 3.30. The third-order valence-electron chi connectivity index (χ3n) is 2.70. The third kappa shape index (κ3) is 2.61. The molecule has 0 saturated carbocycles. The van der Waals surface area contributed by atoms with Gasteiger partial charge in [0.15, 0.2) is 0 Å². The van der Waals surface area contributed by atoms with Gasteiger partial charge in [-0.3, -0.25) is 9.89 Å². The van der Waals surface area contributed by atoms with Crippen molar-refractivity contribution >= 4 is 27.7 Å². The lowest BCUT2D eigenvalue weighted by Gasteiger charge is -2.07. The van der Waals surface area contributed by atoms with Crippen LogP contribution in [-0.2, 0) is 6.42 Å². The summed E-state index contributed by atoms with van der Waals surface area (Å²) in [4.78, 5) is 12.2. The molecule has 0 spiro atoms. The Balaban J connectivity index is 2.25. The van der Waals surface area contributed by atoms with E-state index in [2.05, 4.69) is 31.4 Å².